The molecule has 2 N–H and O–H groups in total. The molecule has 0 spiro atoms. The summed E-state index contributed by atoms with van der Waals surface area (Å²) >= 11 is 0. The molecule has 20 heavy (non-hydrogen) atoms. The van der Waals surface area contributed by atoms with Crippen LogP contribution in [0.3, 0.4) is 0 Å². The molecule has 0 aliphatic carbocycles. The van der Waals surface area contributed by atoms with Crippen molar-refractivity contribution in [1.29, 1.82) is 0 Å². The Hall–Kier alpha value is -1.94. The summed E-state index contributed by atoms with van der Waals surface area (Å²) in [6, 6.07) is 10.1. The van der Waals surface area contributed by atoms with Crippen molar-refractivity contribution in [2.75, 3.05) is 13.1 Å². The molecule has 1 saturated heterocycles. The fourth-order valence-corrected chi connectivity index (χ4v) is 2.65. The average molecular weight is 269 g/mol. The second-order valence-corrected chi connectivity index (χ2v) is 5.27. The smallest absolute Gasteiger partial charge is 0.223 e. The molecule has 104 valence electrons. The number of piperidine rings is 1. The summed E-state index contributed by atoms with van der Waals surface area (Å²) in [4.78, 5) is 16.4. The number of amides is 1. The van der Waals surface area contributed by atoms with Crippen molar-refractivity contribution in [3.63, 3.8) is 0 Å². The maximum absolute atomic E-state index is 12.1. The maximum Gasteiger partial charge on any atom is 0.223 e. The second kappa shape index (κ2) is 6.01. The van der Waals surface area contributed by atoms with Crippen LogP contribution in [-0.2, 0) is 11.3 Å². The highest BCUT2D eigenvalue weighted by molar-refractivity contribution is 5.80. The van der Waals surface area contributed by atoms with Crippen LogP contribution < -0.4 is 10.6 Å². The van der Waals surface area contributed by atoms with Gasteiger partial charge < -0.3 is 10.6 Å². The third-order valence-electron chi connectivity index (χ3n) is 3.84. The molecular formula is C16H19N3O. The van der Waals surface area contributed by atoms with E-state index in [4.69, 9.17) is 0 Å². The van der Waals surface area contributed by atoms with Crippen LogP contribution in [0.25, 0.3) is 10.9 Å². The number of aromatic nitrogens is 1. The van der Waals surface area contributed by atoms with E-state index >= 15 is 0 Å². The number of rotatable bonds is 3. The lowest BCUT2D eigenvalue weighted by molar-refractivity contribution is -0.125. The first kappa shape index (κ1) is 13.1. The van der Waals surface area contributed by atoms with Gasteiger partial charge in [-0.05, 0) is 49.7 Å². The van der Waals surface area contributed by atoms with E-state index in [0.29, 0.717) is 6.54 Å². The summed E-state index contributed by atoms with van der Waals surface area (Å²) in [5, 5.41) is 7.43. The molecule has 0 bridgehead atoms. The van der Waals surface area contributed by atoms with E-state index < -0.39 is 0 Å². The minimum absolute atomic E-state index is 0.165. The van der Waals surface area contributed by atoms with Crippen LogP contribution in [0.15, 0.2) is 36.5 Å². The quantitative estimate of drug-likeness (QED) is 0.894. The highest BCUT2D eigenvalue weighted by atomic mass is 16.1. The van der Waals surface area contributed by atoms with Gasteiger partial charge in [0.1, 0.15) is 0 Å². The Morgan fingerprint density at radius 3 is 3.00 bits per heavy atom. The van der Waals surface area contributed by atoms with Gasteiger partial charge in [0.2, 0.25) is 5.91 Å². The van der Waals surface area contributed by atoms with Gasteiger partial charge in [-0.3, -0.25) is 9.78 Å². The molecule has 0 radical (unpaired) electrons. The van der Waals surface area contributed by atoms with Gasteiger partial charge in [0, 0.05) is 24.0 Å². The molecule has 0 unspecified atom stereocenters. The van der Waals surface area contributed by atoms with E-state index in [0.717, 1.165) is 42.4 Å². The van der Waals surface area contributed by atoms with Crippen molar-refractivity contribution in [2.24, 2.45) is 5.92 Å². The lowest BCUT2D eigenvalue weighted by Gasteiger charge is -2.21. The molecule has 2 aromatic rings. The third kappa shape index (κ3) is 2.96. The minimum Gasteiger partial charge on any atom is -0.352 e. The zero-order valence-electron chi connectivity index (χ0n) is 11.4. The first-order chi connectivity index (χ1) is 9.83. The summed E-state index contributed by atoms with van der Waals surface area (Å²) < 4.78 is 0. The molecule has 0 atom stereocenters. The SMILES string of the molecule is O=C(NCc1ccc2ncccc2c1)C1CCNCC1. The lowest BCUT2D eigenvalue weighted by Crippen LogP contribution is -2.37. The van der Waals surface area contributed by atoms with Crippen LogP contribution >= 0.6 is 0 Å². The van der Waals surface area contributed by atoms with Gasteiger partial charge in [-0.1, -0.05) is 12.1 Å². The number of benzene rings is 1. The monoisotopic (exact) mass is 269 g/mol. The van der Waals surface area contributed by atoms with Crippen molar-refractivity contribution in [2.45, 2.75) is 19.4 Å². The van der Waals surface area contributed by atoms with E-state index in [2.05, 4.69) is 21.7 Å². The largest absolute Gasteiger partial charge is 0.352 e. The molecule has 3 rings (SSSR count). The van der Waals surface area contributed by atoms with Crippen LogP contribution in [0, 0.1) is 5.92 Å². The molecule has 1 aliphatic rings. The van der Waals surface area contributed by atoms with Crippen LogP contribution in [0.5, 0.6) is 0 Å². The van der Waals surface area contributed by atoms with Crippen LogP contribution in [-0.4, -0.2) is 24.0 Å². The molecule has 4 heteroatoms. The summed E-state index contributed by atoms with van der Waals surface area (Å²) in [6.45, 7) is 2.48. The van der Waals surface area contributed by atoms with Gasteiger partial charge in [-0.15, -0.1) is 0 Å². The Bertz CT molecular complexity index is 605. The molecule has 0 saturated carbocycles. The topological polar surface area (TPSA) is 54.0 Å². The van der Waals surface area contributed by atoms with Crippen molar-refractivity contribution in [3.8, 4) is 0 Å². The van der Waals surface area contributed by atoms with Gasteiger partial charge in [0.15, 0.2) is 0 Å². The number of nitrogens with zero attached hydrogens (tertiary/aromatic N) is 1. The molecule has 1 amide bonds. The summed E-state index contributed by atoms with van der Waals surface area (Å²) in [7, 11) is 0. The lowest BCUT2D eigenvalue weighted by atomic mass is 9.97. The van der Waals surface area contributed by atoms with Crippen molar-refractivity contribution >= 4 is 16.8 Å². The maximum atomic E-state index is 12.1. The van der Waals surface area contributed by atoms with Gasteiger partial charge in [0.25, 0.3) is 0 Å². The Morgan fingerprint density at radius 2 is 2.15 bits per heavy atom. The number of carbonyl (C=O) groups excluding carboxylic acids is 1. The van der Waals surface area contributed by atoms with Crippen molar-refractivity contribution in [3.05, 3.63) is 42.1 Å². The Labute approximate surface area is 118 Å². The van der Waals surface area contributed by atoms with Crippen LogP contribution in [0.1, 0.15) is 18.4 Å². The average Bonchev–Trinajstić information content (AvgIpc) is 2.53. The molecule has 1 aromatic heterocycles. The molecule has 4 nitrogen and oxygen atoms in total. The van der Waals surface area contributed by atoms with E-state index in [1.807, 2.05) is 24.3 Å². The van der Waals surface area contributed by atoms with E-state index in [1.165, 1.54) is 0 Å². The van der Waals surface area contributed by atoms with E-state index in [9.17, 15) is 4.79 Å². The van der Waals surface area contributed by atoms with E-state index in [-0.39, 0.29) is 11.8 Å². The summed E-state index contributed by atoms with van der Waals surface area (Å²) in [6.07, 6.45) is 3.67. The molecule has 1 aliphatic heterocycles. The van der Waals surface area contributed by atoms with E-state index in [1.54, 1.807) is 6.20 Å². The highest BCUT2D eigenvalue weighted by Gasteiger charge is 2.20. The number of carbonyl (C=O) groups is 1. The zero-order chi connectivity index (χ0) is 13.8. The molecule has 1 aromatic carbocycles. The van der Waals surface area contributed by atoms with Gasteiger partial charge in [-0.25, -0.2) is 0 Å². The van der Waals surface area contributed by atoms with Gasteiger partial charge in [0.05, 0.1) is 5.52 Å². The van der Waals surface area contributed by atoms with Gasteiger partial charge in [-0.2, -0.15) is 0 Å². The molecule has 2 heterocycles. The predicted octanol–water partition coefficient (Wildman–Crippen LogP) is 1.85. The molecule has 1 fully saturated rings. The first-order valence-corrected chi connectivity index (χ1v) is 7.15. The Morgan fingerprint density at radius 1 is 1.30 bits per heavy atom. The highest BCUT2D eigenvalue weighted by Crippen LogP contribution is 2.14. The number of pyridine rings is 1. The Balaban J connectivity index is 1.62. The molecular weight excluding hydrogens is 250 g/mol. The second-order valence-electron chi connectivity index (χ2n) is 5.27. The predicted molar refractivity (Wildman–Crippen MR) is 79.2 cm³/mol. The number of hydrogen-bond donors (Lipinski definition) is 2. The Kier molecular flexibility index (Phi) is 3.92. The number of nitrogens with one attached hydrogen (secondary N) is 2. The van der Waals surface area contributed by atoms with Gasteiger partial charge >= 0.3 is 0 Å². The summed E-state index contributed by atoms with van der Waals surface area (Å²) in [5.41, 5.74) is 2.11. The third-order valence-corrected chi connectivity index (χ3v) is 3.84. The zero-order valence-corrected chi connectivity index (χ0v) is 11.4. The van der Waals surface area contributed by atoms with Crippen molar-refractivity contribution in [1.82, 2.24) is 15.6 Å². The summed E-state index contributed by atoms with van der Waals surface area (Å²) in [5.74, 6) is 0.344. The number of fused-ring (bicyclic) bond motifs is 1. The minimum atomic E-state index is 0.165. The van der Waals surface area contributed by atoms with Crippen LogP contribution in [0.2, 0.25) is 0 Å². The van der Waals surface area contributed by atoms with Crippen LogP contribution in [0.4, 0.5) is 0 Å². The normalized spacial score (nSPS) is 16.2. The fraction of sp³-hybridized carbons (Fsp3) is 0.375. The van der Waals surface area contributed by atoms with Crippen molar-refractivity contribution < 1.29 is 4.79 Å². The first-order valence-electron chi connectivity index (χ1n) is 7.15. The fourth-order valence-electron chi connectivity index (χ4n) is 2.65. The standard InChI is InChI=1S/C16H19N3O/c20-16(13-5-8-17-9-6-13)19-11-12-3-4-15-14(10-12)2-1-7-18-15/h1-4,7,10,13,17H,5-6,8-9,11H2,(H,19,20). The number of hydrogen-bond acceptors (Lipinski definition) is 3.